The van der Waals surface area contributed by atoms with Gasteiger partial charge < -0.3 is 4.90 Å². The van der Waals surface area contributed by atoms with Gasteiger partial charge >= 0.3 is 0 Å². The van der Waals surface area contributed by atoms with Gasteiger partial charge in [0.2, 0.25) is 0 Å². The fourth-order valence-electron chi connectivity index (χ4n) is 2.47. The number of aromatic amines is 1. The molecule has 0 radical (unpaired) electrons. The molecule has 1 saturated heterocycles. The average molecular weight is 288 g/mol. The Labute approximate surface area is 123 Å². The maximum absolute atomic E-state index is 4.38. The van der Waals surface area contributed by atoms with E-state index in [9.17, 15) is 0 Å². The third-order valence-corrected chi connectivity index (χ3v) is 3.67. The fourth-order valence-corrected chi connectivity index (χ4v) is 2.47. The molecule has 2 N–H and O–H groups in total. The Bertz CT molecular complexity index is 653. The molecule has 8 nitrogen and oxygen atoms in total. The molecule has 0 bridgehead atoms. The largest absolute Gasteiger partial charge is 0.304 e. The summed E-state index contributed by atoms with van der Waals surface area (Å²) in [5, 5.41) is 18.3. The highest BCUT2D eigenvalue weighted by Crippen LogP contribution is 2.25. The minimum Gasteiger partial charge on any atom is -0.304 e. The quantitative estimate of drug-likeness (QED) is 0.657. The highest BCUT2D eigenvalue weighted by Gasteiger charge is 2.13. The number of pyridine rings is 1. The van der Waals surface area contributed by atoms with E-state index in [0.29, 0.717) is 11.5 Å². The lowest BCUT2D eigenvalue weighted by atomic mass is 10.2. The molecule has 2 aromatic heterocycles. The van der Waals surface area contributed by atoms with Crippen molar-refractivity contribution in [2.24, 2.45) is 10.3 Å². The zero-order valence-corrected chi connectivity index (χ0v) is 12.6. The maximum atomic E-state index is 4.38. The Balaban J connectivity index is 1.72. The molecule has 0 unspecified atom stereocenters. The summed E-state index contributed by atoms with van der Waals surface area (Å²) in [7, 11) is 2.12. The molecular formula is C13H20N8. The molecule has 21 heavy (non-hydrogen) atoms. The van der Waals surface area contributed by atoms with Crippen molar-refractivity contribution in [3.8, 4) is 0 Å². The molecular weight excluding hydrogens is 268 g/mol. The van der Waals surface area contributed by atoms with Crippen LogP contribution in [0.25, 0.3) is 11.0 Å². The normalized spacial score (nSPS) is 17.9. The van der Waals surface area contributed by atoms with Crippen molar-refractivity contribution in [2.45, 2.75) is 13.8 Å². The fraction of sp³-hybridized carbons (Fsp3) is 0.538. The monoisotopic (exact) mass is 288 g/mol. The van der Waals surface area contributed by atoms with Crippen LogP contribution in [0.3, 0.4) is 0 Å². The van der Waals surface area contributed by atoms with Gasteiger partial charge in [-0.2, -0.15) is 5.10 Å². The van der Waals surface area contributed by atoms with Crippen molar-refractivity contribution in [3.63, 3.8) is 0 Å². The van der Waals surface area contributed by atoms with Crippen LogP contribution >= 0.6 is 0 Å². The lowest BCUT2D eigenvalue weighted by Crippen LogP contribution is -2.48. The molecule has 1 aliphatic rings. The number of nitrogens with one attached hydrogen (secondary N) is 2. The SMILES string of the molecule is Cc1cc(C)c2c(N=NNN3CCN(C)CC3)[nH]nc2n1. The number of hydrogen-bond donors (Lipinski definition) is 2. The number of likely N-dealkylation sites (N-methyl/N-ethyl adjacent to an activating group) is 1. The standard InChI is InChI=1S/C13H20N8/c1-9-8-10(2)14-12-11(9)13(16-15-12)17-18-19-21-6-4-20(3)5-7-21/h8H,4-7H2,1-3H3,(H2,14,15,16,17,19). The maximum Gasteiger partial charge on any atom is 0.183 e. The highest BCUT2D eigenvalue weighted by atomic mass is 15.7. The Morgan fingerprint density at radius 2 is 2.00 bits per heavy atom. The van der Waals surface area contributed by atoms with E-state index >= 15 is 0 Å². The Kier molecular flexibility index (Phi) is 3.80. The number of rotatable bonds is 3. The molecule has 0 atom stereocenters. The van der Waals surface area contributed by atoms with Crippen molar-refractivity contribution in [1.82, 2.24) is 30.6 Å². The van der Waals surface area contributed by atoms with Gasteiger partial charge in [0.25, 0.3) is 0 Å². The van der Waals surface area contributed by atoms with Crippen LogP contribution in [0, 0.1) is 13.8 Å². The van der Waals surface area contributed by atoms with Crippen LogP contribution in [0.2, 0.25) is 0 Å². The van der Waals surface area contributed by atoms with Gasteiger partial charge in [0.15, 0.2) is 11.5 Å². The number of H-pyrrole nitrogens is 1. The van der Waals surface area contributed by atoms with Gasteiger partial charge in [0.1, 0.15) is 0 Å². The number of aromatic nitrogens is 3. The first-order valence-corrected chi connectivity index (χ1v) is 7.05. The van der Waals surface area contributed by atoms with E-state index in [1.54, 1.807) is 0 Å². The number of hydrazine groups is 1. The van der Waals surface area contributed by atoms with Gasteiger partial charge in [-0.25, -0.2) is 15.5 Å². The molecule has 3 heterocycles. The smallest absolute Gasteiger partial charge is 0.183 e. The Morgan fingerprint density at radius 3 is 2.76 bits per heavy atom. The van der Waals surface area contributed by atoms with Gasteiger partial charge in [-0.1, -0.05) is 5.22 Å². The lowest BCUT2D eigenvalue weighted by Gasteiger charge is -2.30. The Morgan fingerprint density at radius 1 is 1.24 bits per heavy atom. The van der Waals surface area contributed by atoms with Gasteiger partial charge in [-0.05, 0) is 32.5 Å². The molecule has 3 rings (SSSR count). The van der Waals surface area contributed by atoms with Crippen molar-refractivity contribution >= 4 is 16.9 Å². The van der Waals surface area contributed by atoms with Crippen molar-refractivity contribution in [3.05, 3.63) is 17.3 Å². The summed E-state index contributed by atoms with van der Waals surface area (Å²) in [5.41, 5.74) is 5.70. The summed E-state index contributed by atoms with van der Waals surface area (Å²) < 4.78 is 0. The van der Waals surface area contributed by atoms with Crippen LogP contribution in [0.4, 0.5) is 5.82 Å². The van der Waals surface area contributed by atoms with E-state index in [4.69, 9.17) is 0 Å². The minimum atomic E-state index is 0.636. The van der Waals surface area contributed by atoms with Crippen LogP contribution in [0.5, 0.6) is 0 Å². The van der Waals surface area contributed by atoms with Crippen molar-refractivity contribution in [1.29, 1.82) is 0 Å². The highest BCUT2D eigenvalue weighted by molar-refractivity contribution is 5.88. The van der Waals surface area contributed by atoms with Gasteiger partial charge in [-0.3, -0.25) is 5.10 Å². The van der Waals surface area contributed by atoms with E-state index < -0.39 is 0 Å². The molecule has 1 fully saturated rings. The second-order valence-corrected chi connectivity index (χ2v) is 5.44. The zero-order chi connectivity index (χ0) is 14.8. The summed E-state index contributed by atoms with van der Waals surface area (Å²) in [6.07, 6.45) is 0. The molecule has 0 saturated carbocycles. The third-order valence-electron chi connectivity index (χ3n) is 3.67. The molecule has 2 aromatic rings. The Hall–Kier alpha value is -2.06. The van der Waals surface area contributed by atoms with E-state index in [0.717, 1.165) is 42.8 Å². The molecule has 0 spiro atoms. The number of hydrogen-bond acceptors (Lipinski definition) is 6. The predicted octanol–water partition coefficient (Wildman–Crippen LogP) is 1.33. The first kappa shape index (κ1) is 13.9. The predicted molar refractivity (Wildman–Crippen MR) is 80.1 cm³/mol. The van der Waals surface area contributed by atoms with Crippen molar-refractivity contribution in [2.75, 3.05) is 33.2 Å². The van der Waals surface area contributed by atoms with E-state index in [2.05, 4.69) is 48.0 Å². The average Bonchev–Trinajstić information content (AvgIpc) is 2.84. The molecule has 1 aliphatic heterocycles. The molecule has 8 heteroatoms. The van der Waals surface area contributed by atoms with E-state index in [1.807, 2.05) is 19.9 Å². The number of nitrogens with zero attached hydrogens (tertiary/aromatic N) is 6. The summed E-state index contributed by atoms with van der Waals surface area (Å²) in [5.74, 6) is 0.636. The summed E-state index contributed by atoms with van der Waals surface area (Å²) in [6.45, 7) is 7.89. The van der Waals surface area contributed by atoms with Gasteiger partial charge in [-0.15, -0.1) is 5.11 Å². The first-order valence-electron chi connectivity index (χ1n) is 7.05. The number of fused-ring (bicyclic) bond motifs is 1. The van der Waals surface area contributed by atoms with Crippen LogP contribution in [-0.4, -0.2) is 58.3 Å². The van der Waals surface area contributed by atoms with Crippen LogP contribution in [0.1, 0.15) is 11.3 Å². The summed E-state index contributed by atoms with van der Waals surface area (Å²) in [6, 6.07) is 2.02. The molecule has 0 aliphatic carbocycles. The molecule has 112 valence electrons. The van der Waals surface area contributed by atoms with Crippen LogP contribution < -0.4 is 5.53 Å². The first-order chi connectivity index (χ1) is 10.1. The summed E-state index contributed by atoms with van der Waals surface area (Å²) >= 11 is 0. The minimum absolute atomic E-state index is 0.636. The van der Waals surface area contributed by atoms with Gasteiger partial charge in [0, 0.05) is 31.9 Å². The van der Waals surface area contributed by atoms with Gasteiger partial charge in [0.05, 0.1) is 5.39 Å². The summed E-state index contributed by atoms with van der Waals surface area (Å²) in [4.78, 5) is 6.67. The number of piperazine rings is 1. The molecule has 0 amide bonds. The number of aryl methyl sites for hydroxylation is 2. The zero-order valence-electron chi connectivity index (χ0n) is 12.6. The van der Waals surface area contributed by atoms with E-state index in [1.165, 1.54) is 0 Å². The molecule has 0 aromatic carbocycles. The second-order valence-electron chi connectivity index (χ2n) is 5.44. The van der Waals surface area contributed by atoms with E-state index in [-0.39, 0.29) is 0 Å². The van der Waals surface area contributed by atoms with Crippen LogP contribution in [0.15, 0.2) is 16.4 Å². The third kappa shape index (κ3) is 3.01. The van der Waals surface area contributed by atoms with Crippen molar-refractivity contribution < 1.29 is 0 Å². The lowest BCUT2D eigenvalue weighted by molar-refractivity contribution is 0.103. The topological polar surface area (TPSA) is 84.8 Å². The van der Waals surface area contributed by atoms with Crippen LogP contribution in [-0.2, 0) is 0 Å². The second kappa shape index (κ2) is 5.74.